The van der Waals surface area contributed by atoms with Crippen LogP contribution in [0, 0.1) is 5.41 Å². The van der Waals surface area contributed by atoms with Crippen LogP contribution in [-0.4, -0.2) is 13.1 Å². The summed E-state index contributed by atoms with van der Waals surface area (Å²) in [5, 5.41) is 3.44. The first-order valence-corrected chi connectivity index (χ1v) is 6.54. The van der Waals surface area contributed by atoms with Gasteiger partial charge in [0.2, 0.25) is 0 Å². The van der Waals surface area contributed by atoms with Crippen molar-refractivity contribution in [3.05, 3.63) is 0 Å². The van der Waals surface area contributed by atoms with Gasteiger partial charge in [-0.1, -0.05) is 52.4 Å². The lowest BCUT2D eigenvalue weighted by atomic mass is 9.74. The molecule has 1 N–H and O–H groups in total. The fourth-order valence-electron chi connectivity index (χ4n) is 2.59. The fourth-order valence-corrected chi connectivity index (χ4v) is 2.59. The Hall–Kier alpha value is -0.0400. The Kier molecular flexibility index (Phi) is 5.54. The second kappa shape index (κ2) is 6.44. The van der Waals surface area contributed by atoms with Gasteiger partial charge in [-0.3, -0.25) is 0 Å². The van der Waals surface area contributed by atoms with Crippen LogP contribution in [0.3, 0.4) is 0 Å². The Morgan fingerprint density at radius 2 is 1.57 bits per heavy atom. The summed E-state index contributed by atoms with van der Waals surface area (Å²) in [5.74, 6) is 0. The number of hydrogen-bond donors (Lipinski definition) is 1. The summed E-state index contributed by atoms with van der Waals surface area (Å²) in [7, 11) is 0. The van der Waals surface area contributed by atoms with E-state index in [0.29, 0.717) is 5.41 Å². The average molecular weight is 197 g/mol. The molecule has 1 aliphatic heterocycles. The third kappa shape index (κ3) is 3.61. The van der Waals surface area contributed by atoms with E-state index >= 15 is 0 Å². The zero-order chi connectivity index (χ0) is 10.3. The van der Waals surface area contributed by atoms with Crippen molar-refractivity contribution in [2.45, 2.75) is 65.2 Å². The van der Waals surface area contributed by atoms with Gasteiger partial charge >= 0.3 is 0 Å². The largest absolute Gasteiger partial charge is 0.316 e. The van der Waals surface area contributed by atoms with Crippen LogP contribution in [0.4, 0.5) is 0 Å². The number of hydrogen-bond acceptors (Lipinski definition) is 1. The normalized spacial score (nSPS) is 19.3. The maximum atomic E-state index is 3.44. The second-order valence-corrected chi connectivity index (χ2v) is 5.02. The van der Waals surface area contributed by atoms with E-state index in [1.807, 2.05) is 0 Å². The van der Waals surface area contributed by atoms with Gasteiger partial charge in [0.05, 0.1) is 0 Å². The molecule has 1 heterocycles. The molecule has 0 atom stereocenters. The van der Waals surface area contributed by atoms with Crippen LogP contribution in [0.15, 0.2) is 0 Å². The Morgan fingerprint density at radius 1 is 0.857 bits per heavy atom. The predicted octanol–water partition coefficient (Wildman–Crippen LogP) is 3.74. The van der Waals surface area contributed by atoms with Gasteiger partial charge in [-0.15, -0.1) is 0 Å². The van der Waals surface area contributed by atoms with Gasteiger partial charge < -0.3 is 5.32 Å². The van der Waals surface area contributed by atoms with E-state index in [4.69, 9.17) is 0 Å². The van der Waals surface area contributed by atoms with Crippen LogP contribution in [-0.2, 0) is 0 Å². The Morgan fingerprint density at radius 3 is 2.07 bits per heavy atom. The fraction of sp³-hybridized carbons (Fsp3) is 1.00. The molecule has 0 aromatic rings. The summed E-state index contributed by atoms with van der Waals surface area (Å²) in [4.78, 5) is 0. The Labute approximate surface area is 89.7 Å². The van der Waals surface area contributed by atoms with Crippen LogP contribution in [0.25, 0.3) is 0 Å². The maximum Gasteiger partial charge on any atom is 0.00202 e. The van der Waals surface area contributed by atoms with E-state index in [-0.39, 0.29) is 0 Å². The van der Waals surface area contributed by atoms with E-state index in [2.05, 4.69) is 19.2 Å². The van der Waals surface area contributed by atoms with Crippen LogP contribution in [0.2, 0.25) is 0 Å². The topological polar surface area (TPSA) is 12.0 Å². The summed E-state index contributed by atoms with van der Waals surface area (Å²) in [6, 6.07) is 0. The van der Waals surface area contributed by atoms with E-state index in [1.54, 1.807) is 0 Å². The molecule has 0 aliphatic carbocycles. The average Bonchev–Trinajstić information content (AvgIpc) is 2.13. The van der Waals surface area contributed by atoms with Crippen molar-refractivity contribution in [2.75, 3.05) is 13.1 Å². The molecule has 0 aromatic heterocycles. The molecule has 0 saturated carbocycles. The third-order valence-corrected chi connectivity index (χ3v) is 3.59. The minimum atomic E-state index is 0.709. The highest BCUT2D eigenvalue weighted by atomic mass is 15.0. The van der Waals surface area contributed by atoms with Crippen molar-refractivity contribution < 1.29 is 0 Å². The van der Waals surface area contributed by atoms with E-state index in [0.717, 1.165) is 0 Å². The SMILES string of the molecule is CCCCCCCC1(CCC)CNC1. The molecule has 0 spiro atoms. The lowest BCUT2D eigenvalue weighted by Crippen LogP contribution is -2.53. The summed E-state index contributed by atoms with van der Waals surface area (Å²) >= 11 is 0. The quantitative estimate of drug-likeness (QED) is 0.585. The van der Waals surface area contributed by atoms with Crippen molar-refractivity contribution in [1.29, 1.82) is 0 Å². The molecular weight excluding hydrogens is 170 g/mol. The molecule has 1 aliphatic rings. The smallest absolute Gasteiger partial charge is 0.00202 e. The molecule has 84 valence electrons. The number of nitrogens with one attached hydrogen (secondary N) is 1. The van der Waals surface area contributed by atoms with Crippen LogP contribution in [0.5, 0.6) is 0 Å². The molecule has 1 fully saturated rings. The Balaban J connectivity index is 2.03. The molecule has 14 heavy (non-hydrogen) atoms. The minimum Gasteiger partial charge on any atom is -0.316 e. The van der Waals surface area contributed by atoms with Gasteiger partial charge in [-0.2, -0.15) is 0 Å². The van der Waals surface area contributed by atoms with Crippen molar-refractivity contribution in [3.63, 3.8) is 0 Å². The minimum absolute atomic E-state index is 0.709. The summed E-state index contributed by atoms with van der Waals surface area (Å²) in [6.45, 7) is 7.18. The second-order valence-electron chi connectivity index (χ2n) is 5.02. The lowest BCUT2D eigenvalue weighted by Gasteiger charge is -2.43. The van der Waals surface area contributed by atoms with Crippen LogP contribution in [0.1, 0.15) is 65.2 Å². The molecule has 1 saturated heterocycles. The number of unbranched alkanes of at least 4 members (excludes halogenated alkanes) is 4. The van der Waals surface area contributed by atoms with Crippen LogP contribution < -0.4 is 5.32 Å². The molecule has 1 nitrogen and oxygen atoms in total. The van der Waals surface area contributed by atoms with E-state index in [1.165, 1.54) is 64.5 Å². The maximum absolute atomic E-state index is 3.44. The summed E-state index contributed by atoms with van der Waals surface area (Å²) < 4.78 is 0. The third-order valence-electron chi connectivity index (χ3n) is 3.59. The van der Waals surface area contributed by atoms with Gasteiger partial charge in [-0.25, -0.2) is 0 Å². The monoisotopic (exact) mass is 197 g/mol. The van der Waals surface area contributed by atoms with Crippen LogP contribution >= 0.6 is 0 Å². The predicted molar refractivity (Wildman–Crippen MR) is 63.6 cm³/mol. The van der Waals surface area contributed by atoms with Gasteiger partial charge in [0.15, 0.2) is 0 Å². The van der Waals surface area contributed by atoms with Gasteiger partial charge in [0, 0.05) is 13.1 Å². The highest BCUT2D eigenvalue weighted by Gasteiger charge is 2.34. The lowest BCUT2D eigenvalue weighted by molar-refractivity contribution is 0.132. The van der Waals surface area contributed by atoms with E-state index < -0.39 is 0 Å². The number of rotatable bonds is 8. The molecule has 0 unspecified atom stereocenters. The highest BCUT2D eigenvalue weighted by molar-refractivity contribution is 4.91. The molecule has 1 heteroatoms. The Bertz CT molecular complexity index is 138. The first-order valence-electron chi connectivity index (χ1n) is 6.54. The zero-order valence-electron chi connectivity index (χ0n) is 10.1. The van der Waals surface area contributed by atoms with E-state index in [9.17, 15) is 0 Å². The first-order chi connectivity index (χ1) is 6.83. The molecule has 0 aromatic carbocycles. The molecule has 0 amide bonds. The standard InChI is InChI=1S/C13H27N/c1-3-5-6-7-8-10-13(9-4-2)11-14-12-13/h14H,3-12H2,1-2H3. The molecule has 0 bridgehead atoms. The van der Waals surface area contributed by atoms with Crippen molar-refractivity contribution in [2.24, 2.45) is 5.41 Å². The van der Waals surface area contributed by atoms with Crippen molar-refractivity contribution in [1.82, 2.24) is 5.32 Å². The molecule has 0 radical (unpaired) electrons. The zero-order valence-corrected chi connectivity index (χ0v) is 10.1. The van der Waals surface area contributed by atoms with Gasteiger partial charge in [0.1, 0.15) is 0 Å². The van der Waals surface area contributed by atoms with Crippen molar-refractivity contribution in [3.8, 4) is 0 Å². The highest BCUT2D eigenvalue weighted by Crippen LogP contribution is 2.34. The van der Waals surface area contributed by atoms with Gasteiger partial charge in [-0.05, 0) is 18.3 Å². The molecule has 1 rings (SSSR count). The summed E-state index contributed by atoms with van der Waals surface area (Å²) in [6.07, 6.45) is 11.4. The van der Waals surface area contributed by atoms with Crippen molar-refractivity contribution >= 4 is 0 Å². The molecular formula is C13H27N. The van der Waals surface area contributed by atoms with Gasteiger partial charge in [0.25, 0.3) is 0 Å². The summed E-state index contributed by atoms with van der Waals surface area (Å²) in [5.41, 5.74) is 0.709. The first kappa shape index (κ1) is 12.0.